The van der Waals surface area contributed by atoms with Gasteiger partial charge in [0.1, 0.15) is 0 Å². The third-order valence-corrected chi connectivity index (χ3v) is 22.8. The zero-order valence-corrected chi connectivity index (χ0v) is 38.7. The summed E-state index contributed by atoms with van der Waals surface area (Å²) in [5, 5.41) is 6.69. The van der Waals surface area contributed by atoms with Gasteiger partial charge in [0.25, 0.3) is 0 Å². The van der Waals surface area contributed by atoms with Crippen LogP contribution in [-0.4, -0.2) is 74.1 Å². The van der Waals surface area contributed by atoms with Gasteiger partial charge in [0.2, 0.25) is 0 Å². The van der Waals surface area contributed by atoms with Crippen molar-refractivity contribution in [2.45, 2.75) is 42.7 Å². The normalized spacial score (nSPS) is 16.2. The van der Waals surface area contributed by atoms with Gasteiger partial charge in [-0.1, -0.05) is 72.8 Å². The van der Waals surface area contributed by atoms with Crippen molar-refractivity contribution in [2.75, 3.05) is 34.5 Å². The van der Waals surface area contributed by atoms with E-state index in [2.05, 4.69) is 235 Å². The Balaban J connectivity index is 0.736. The molecule has 2 atom stereocenters. The van der Waals surface area contributed by atoms with Gasteiger partial charge in [-0.2, -0.15) is 47.0 Å². The molecule has 1 saturated heterocycles. The number of hydrogen-bond donors (Lipinski definition) is 4. The molecule has 8 aromatic rings. The maximum atomic E-state index is 3.65. The lowest BCUT2D eigenvalue weighted by Gasteiger charge is -2.28. The fraction of sp³-hybridized carbons (Fsp3) is 0.304. The second kappa shape index (κ2) is 20.6. The van der Waals surface area contributed by atoms with Crippen LogP contribution in [0.3, 0.4) is 0 Å². The molecule has 0 saturated carbocycles. The first-order chi connectivity index (χ1) is 28.7. The lowest BCUT2D eigenvalue weighted by atomic mass is 10.2. The summed E-state index contributed by atoms with van der Waals surface area (Å²) in [6.07, 6.45) is 0. The molecule has 0 bridgehead atoms. The number of para-hydroxylation sites is 4. The monoisotopic (exact) mass is 912 g/mol. The number of aromatic nitrogens is 4. The SMILES string of the molecule is c1ccc2[nH]c(CSC(CSCC3CSC(CSCC(SCc4cc5ccccc5[nH]4)SCc4cc5ccccc5[nH]4)CS3)SCc3cc4ccccc4[nH]3)cc2c1. The summed E-state index contributed by atoms with van der Waals surface area (Å²) in [5.41, 5.74) is 10.2. The molecule has 1 aliphatic rings. The van der Waals surface area contributed by atoms with Crippen molar-refractivity contribution < 1.29 is 0 Å². The van der Waals surface area contributed by atoms with Gasteiger partial charge in [-0.05, 0) is 70.1 Å². The van der Waals surface area contributed by atoms with E-state index in [0.717, 1.165) is 33.5 Å². The molecule has 0 amide bonds. The van der Waals surface area contributed by atoms with Crippen molar-refractivity contribution in [1.29, 1.82) is 0 Å². The molecular weight excluding hydrogens is 865 g/mol. The zero-order chi connectivity index (χ0) is 38.9. The van der Waals surface area contributed by atoms with Crippen LogP contribution >= 0.6 is 94.1 Å². The van der Waals surface area contributed by atoms with E-state index in [1.807, 2.05) is 0 Å². The number of aromatic amines is 4. The summed E-state index contributed by atoms with van der Waals surface area (Å²) in [7, 11) is 0. The van der Waals surface area contributed by atoms with Crippen molar-refractivity contribution in [1.82, 2.24) is 19.9 Å². The van der Waals surface area contributed by atoms with E-state index >= 15 is 0 Å². The molecular formula is C46H48N4S8. The van der Waals surface area contributed by atoms with Crippen LogP contribution in [0.4, 0.5) is 0 Å². The van der Waals surface area contributed by atoms with Crippen molar-refractivity contribution in [3.8, 4) is 0 Å². The fourth-order valence-corrected chi connectivity index (χ4v) is 19.1. The molecule has 58 heavy (non-hydrogen) atoms. The number of H-pyrrole nitrogens is 4. The molecule has 4 aromatic heterocycles. The Morgan fingerprint density at radius 3 is 1.00 bits per heavy atom. The molecule has 300 valence electrons. The Morgan fingerprint density at radius 1 is 0.431 bits per heavy atom. The molecule has 2 unspecified atom stereocenters. The maximum absolute atomic E-state index is 3.65. The van der Waals surface area contributed by atoms with E-state index in [-0.39, 0.29) is 0 Å². The van der Waals surface area contributed by atoms with E-state index in [1.165, 1.54) is 101 Å². The van der Waals surface area contributed by atoms with Gasteiger partial charge in [0.05, 0.1) is 9.16 Å². The summed E-state index contributed by atoms with van der Waals surface area (Å²) < 4.78 is 1.06. The topological polar surface area (TPSA) is 63.2 Å². The van der Waals surface area contributed by atoms with Crippen molar-refractivity contribution in [2.24, 2.45) is 0 Å². The number of nitrogens with one attached hydrogen (secondary N) is 4. The molecule has 4 N–H and O–H groups in total. The number of thioether (sulfide) groups is 8. The molecule has 12 heteroatoms. The minimum absolute atomic E-state index is 0.532. The summed E-state index contributed by atoms with van der Waals surface area (Å²) in [4.78, 5) is 14.6. The first-order valence-corrected chi connectivity index (χ1v) is 28.4. The quantitative estimate of drug-likeness (QED) is 0.0564. The highest BCUT2D eigenvalue weighted by Crippen LogP contribution is 2.39. The molecule has 4 nitrogen and oxygen atoms in total. The van der Waals surface area contributed by atoms with Crippen LogP contribution in [0.15, 0.2) is 121 Å². The summed E-state index contributed by atoms with van der Waals surface area (Å²) in [6.45, 7) is 0. The lowest BCUT2D eigenvalue weighted by molar-refractivity contribution is 1.06. The van der Waals surface area contributed by atoms with Gasteiger partial charge in [0, 0.05) is 113 Å². The molecule has 0 radical (unpaired) electrons. The number of rotatable bonds is 20. The standard InChI is InChI=1S/C46H48N4S8/c1-5-13-41-31(9-1)17-35(47-41)21-55-45(56-22-36-18-32-10-2-6-14-42(32)48-36)29-51-25-39-27-54-40(28-53-39)26-52-30-46(57-23-37-19-33-11-3-7-15-43(33)49-37)58-24-38-20-34-12-4-8-16-44(34)50-38/h1-20,39-40,45-50H,21-30H2. The molecule has 0 spiro atoms. The molecule has 4 aromatic carbocycles. The predicted molar refractivity (Wildman–Crippen MR) is 273 cm³/mol. The minimum Gasteiger partial charge on any atom is -0.358 e. The van der Waals surface area contributed by atoms with E-state index in [4.69, 9.17) is 0 Å². The number of fused-ring (bicyclic) bond motifs is 4. The van der Waals surface area contributed by atoms with Gasteiger partial charge in [-0.3, -0.25) is 0 Å². The average Bonchev–Trinajstić information content (AvgIpc) is 4.06. The highest BCUT2D eigenvalue weighted by molar-refractivity contribution is 8.18. The largest absolute Gasteiger partial charge is 0.358 e. The van der Waals surface area contributed by atoms with Crippen LogP contribution in [0, 0.1) is 0 Å². The lowest BCUT2D eigenvalue weighted by Crippen LogP contribution is -2.25. The smallest absolute Gasteiger partial charge is 0.0600 e. The van der Waals surface area contributed by atoms with Gasteiger partial charge in [0.15, 0.2) is 0 Å². The van der Waals surface area contributed by atoms with Crippen LogP contribution in [-0.2, 0) is 23.0 Å². The molecule has 1 aliphatic heterocycles. The Labute approximate surface area is 375 Å². The minimum atomic E-state index is 0.532. The van der Waals surface area contributed by atoms with E-state index in [9.17, 15) is 0 Å². The highest BCUT2D eigenvalue weighted by atomic mass is 32.2. The second-order valence-electron chi connectivity index (χ2n) is 14.6. The third-order valence-electron chi connectivity index (χ3n) is 10.2. The zero-order valence-electron chi connectivity index (χ0n) is 32.2. The van der Waals surface area contributed by atoms with E-state index in [0.29, 0.717) is 9.16 Å². The molecule has 0 aliphatic carbocycles. The summed E-state index contributed by atoms with van der Waals surface area (Å²) >= 11 is 17.2. The van der Waals surface area contributed by atoms with Crippen molar-refractivity contribution in [3.63, 3.8) is 0 Å². The van der Waals surface area contributed by atoms with Crippen molar-refractivity contribution >= 4 is 138 Å². The van der Waals surface area contributed by atoms with E-state index in [1.54, 1.807) is 0 Å². The van der Waals surface area contributed by atoms with Crippen LogP contribution < -0.4 is 0 Å². The van der Waals surface area contributed by atoms with E-state index < -0.39 is 0 Å². The first-order valence-electron chi connectivity index (χ1n) is 19.8. The average molecular weight is 913 g/mol. The van der Waals surface area contributed by atoms with Gasteiger partial charge in [-0.25, -0.2) is 0 Å². The van der Waals surface area contributed by atoms with Crippen LogP contribution in [0.1, 0.15) is 22.8 Å². The van der Waals surface area contributed by atoms with Crippen LogP contribution in [0.25, 0.3) is 43.6 Å². The van der Waals surface area contributed by atoms with Gasteiger partial charge in [-0.15, -0.1) is 47.0 Å². The third kappa shape index (κ3) is 11.2. The number of benzene rings is 4. The second-order valence-corrected chi connectivity index (χ2v) is 24.8. The highest BCUT2D eigenvalue weighted by Gasteiger charge is 2.24. The maximum Gasteiger partial charge on any atom is 0.0600 e. The van der Waals surface area contributed by atoms with Crippen LogP contribution in [0.5, 0.6) is 0 Å². The Bertz CT molecular complexity index is 2050. The predicted octanol–water partition coefficient (Wildman–Crippen LogP) is 14.0. The summed E-state index contributed by atoms with van der Waals surface area (Å²) in [6, 6.07) is 43.8. The Kier molecular flexibility index (Phi) is 14.6. The van der Waals surface area contributed by atoms with Crippen LogP contribution in [0.2, 0.25) is 0 Å². The Morgan fingerprint density at radius 2 is 0.724 bits per heavy atom. The van der Waals surface area contributed by atoms with Gasteiger partial charge >= 0.3 is 0 Å². The first kappa shape index (κ1) is 41.2. The molecule has 1 fully saturated rings. The Hall–Kier alpha value is -2.16. The molecule has 9 rings (SSSR count). The number of hydrogen-bond acceptors (Lipinski definition) is 8. The summed E-state index contributed by atoms with van der Waals surface area (Å²) in [5.74, 6) is 11.4. The van der Waals surface area contributed by atoms with Crippen molar-refractivity contribution in [3.05, 3.63) is 144 Å². The van der Waals surface area contributed by atoms with Gasteiger partial charge < -0.3 is 19.9 Å². The molecule has 5 heterocycles. The fourth-order valence-electron chi connectivity index (χ4n) is 7.23.